The van der Waals surface area contributed by atoms with Crippen LogP contribution in [-0.4, -0.2) is 28.8 Å². The minimum absolute atomic E-state index is 0.432. The van der Waals surface area contributed by atoms with E-state index in [-0.39, 0.29) is 0 Å². The van der Waals surface area contributed by atoms with Crippen molar-refractivity contribution in [3.63, 3.8) is 0 Å². The van der Waals surface area contributed by atoms with Gasteiger partial charge in [0.1, 0.15) is 5.75 Å². The van der Waals surface area contributed by atoms with E-state index in [4.69, 9.17) is 27.9 Å². The first kappa shape index (κ1) is 18.2. The van der Waals surface area contributed by atoms with E-state index in [1.54, 1.807) is 19.2 Å². The third-order valence-electron chi connectivity index (χ3n) is 3.63. The summed E-state index contributed by atoms with van der Waals surface area (Å²) in [6.07, 6.45) is 2.34. The fraction of sp³-hybridized carbons (Fsp3) is 0.167. The summed E-state index contributed by atoms with van der Waals surface area (Å²) >= 11 is 12.2. The third-order valence-corrected chi connectivity index (χ3v) is 4.45. The minimum atomic E-state index is 0.432. The predicted molar refractivity (Wildman–Crippen MR) is 105 cm³/mol. The summed E-state index contributed by atoms with van der Waals surface area (Å²) < 4.78 is 5.15. The Morgan fingerprint density at radius 2 is 1.88 bits per heavy atom. The summed E-state index contributed by atoms with van der Waals surface area (Å²) in [5.74, 6) is 1.80. The Hall–Kier alpha value is -2.57. The number of hydrogen-bond acceptors (Lipinski definition) is 6. The number of methoxy groups -OCH3 is 1. The first-order valence-corrected chi connectivity index (χ1v) is 8.69. The second-order valence-corrected chi connectivity index (χ2v) is 6.20. The largest absolute Gasteiger partial charge is 0.497 e. The fourth-order valence-corrected chi connectivity index (χ4v) is 2.64. The van der Waals surface area contributed by atoms with E-state index in [1.807, 2.05) is 30.3 Å². The molecule has 0 spiro atoms. The molecule has 2 N–H and O–H groups in total. The molecule has 0 unspecified atom stereocenters. The summed E-state index contributed by atoms with van der Waals surface area (Å²) in [6, 6.07) is 13.3. The molecule has 8 heteroatoms. The fourth-order valence-electron chi connectivity index (χ4n) is 2.29. The number of halogens is 2. The van der Waals surface area contributed by atoms with Crippen LogP contribution in [0.25, 0.3) is 0 Å². The first-order valence-electron chi connectivity index (χ1n) is 7.93. The van der Waals surface area contributed by atoms with Crippen LogP contribution < -0.4 is 15.4 Å². The molecule has 0 radical (unpaired) electrons. The topological polar surface area (TPSA) is 72.0 Å². The van der Waals surface area contributed by atoms with Gasteiger partial charge in [-0.1, -0.05) is 41.4 Å². The molecule has 1 aromatic heterocycles. The van der Waals surface area contributed by atoms with Crippen molar-refractivity contribution in [3.8, 4) is 5.75 Å². The highest BCUT2D eigenvalue weighted by molar-refractivity contribution is 6.43. The number of hydrogen-bond donors (Lipinski definition) is 2. The average Bonchev–Trinajstić information content (AvgIpc) is 2.66. The summed E-state index contributed by atoms with van der Waals surface area (Å²) in [5, 5.41) is 15.1. The number of aromatic nitrogens is 3. The number of benzene rings is 2. The van der Waals surface area contributed by atoms with Gasteiger partial charge in [-0.2, -0.15) is 10.1 Å². The van der Waals surface area contributed by atoms with Crippen molar-refractivity contribution in [3.05, 3.63) is 64.3 Å². The van der Waals surface area contributed by atoms with E-state index in [0.717, 1.165) is 12.2 Å². The molecule has 3 rings (SSSR count). The lowest BCUT2D eigenvalue weighted by Crippen LogP contribution is -2.09. The van der Waals surface area contributed by atoms with Crippen LogP contribution in [0.2, 0.25) is 10.0 Å². The van der Waals surface area contributed by atoms with Gasteiger partial charge in [-0.05, 0) is 36.2 Å². The molecule has 0 saturated heterocycles. The monoisotopic (exact) mass is 389 g/mol. The van der Waals surface area contributed by atoms with Crippen molar-refractivity contribution in [1.29, 1.82) is 0 Å². The molecule has 0 aliphatic carbocycles. The lowest BCUT2D eigenvalue weighted by Gasteiger charge is -2.09. The summed E-state index contributed by atoms with van der Waals surface area (Å²) in [6.45, 7) is 0.676. The zero-order chi connectivity index (χ0) is 18.4. The molecule has 0 amide bonds. The Labute approximate surface area is 161 Å². The maximum absolute atomic E-state index is 6.17. The zero-order valence-corrected chi connectivity index (χ0v) is 15.6. The van der Waals surface area contributed by atoms with E-state index in [2.05, 4.69) is 25.8 Å². The van der Waals surface area contributed by atoms with Crippen molar-refractivity contribution < 1.29 is 4.74 Å². The molecule has 0 aliphatic rings. The quantitative estimate of drug-likeness (QED) is 0.615. The van der Waals surface area contributed by atoms with Gasteiger partial charge in [-0.3, -0.25) is 0 Å². The Morgan fingerprint density at radius 1 is 1.08 bits per heavy atom. The molecule has 134 valence electrons. The van der Waals surface area contributed by atoms with Crippen LogP contribution in [0.4, 0.5) is 17.5 Å². The maximum Gasteiger partial charge on any atom is 0.244 e. The smallest absolute Gasteiger partial charge is 0.244 e. The van der Waals surface area contributed by atoms with Crippen molar-refractivity contribution in [1.82, 2.24) is 15.2 Å². The highest BCUT2D eigenvalue weighted by atomic mass is 35.5. The highest BCUT2D eigenvalue weighted by Crippen LogP contribution is 2.31. The van der Waals surface area contributed by atoms with Crippen molar-refractivity contribution >= 4 is 40.7 Å². The van der Waals surface area contributed by atoms with Crippen molar-refractivity contribution in [2.75, 3.05) is 24.3 Å². The molecule has 0 fully saturated rings. The molecule has 0 bridgehead atoms. The average molecular weight is 390 g/mol. The maximum atomic E-state index is 6.17. The first-order chi connectivity index (χ1) is 12.7. The molecule has 0 atom stereocenters. The molecule has 3 aromatic rings. The molecule has 1 heterocycles. The van der Waals surface area contributed by atoms with Crippen LogP contribution in [-0.2, 0) is 6.42 Å². The van der Waals surface area contributed by atoms with Gasteiger partial charge in [0.25, 0.3) is 0 Å². The standard InChI is InChI=1S/C18H17Cl2N5O/c1-26-13-7-5-12(6-8-13)9-10-21-18-24-16(11-22-25-18)23-15-4-2-3-14(19)17(15)20/h2-8,11H,9-10H2,1H3,(H2,21,23,24,25). The second-order valence-electron chi connectivity index (χ2n) is 5.42. The van der Waals surface area contributed by atoms with Gasteiger partial charge in [-0.25, -0.2) is 0 Å². The number of rotatable bonds is 7. The van der Waals surface area contributed by atoms with Crippen LogP contribution in [0, 0.1) is 0 Å². The van der Waals surface area contributed by atoms with Gasteiger partial charge in [0.2, 0.25) is 5.95 Å². The number of anilines is 3. The van der Waals surface area contributed by atoms with Crippen LogP contribution in [0.15, 0.2) is 48.7 Å². The van der Waals surface area contributed by atoms with E-state index in [0.29, 0.717) is 34.0 Å². The van der Waals surface area contributed by atoms with Crippen LogP contribution in [0.1, 0.15) is 5.56 Å². The van der Waals surface area contributed by atoms with Gasteiger partial charge < -0.3 is 15.4 Å². The van der Waals surface area contributed by atoms with E-state index < -0.39 is 0 Å². The van der Waals surface area contributed by atoms with Gasteiger partial charge in [0.15, 0.2) is 5.82 Å². The highest BCUT2D eigenvalue weighted by Gasteiger charge is 2.06. The molecule has 0 aliphatic heterocycles. The third kappa shape index (κ3) is 4.74. The normalized spacial score (nSPS) is 10.4. The Kier molecular flexibility index (Phi) is 6.09. The summed E-state index contributed by atoms with van der Waals surface area (Å²) in [7, 11) is 1.65. The number of ether oxygens (including phenoxy) is 1. The second kappa shape index (κ2) is 8.69. The molecule has 6 nitrogen and oxygen atoms in total. The zero-order valence-electron chi connectivity index (χ0n) is 14.0. The predicted octanol–water partition coefficient (Wildman–Crippen LogP) is 4.59. The van der Waals surface area contributed by atoms with Gasteiger partial charge in [0, 0.05) is 6.54 Å². The van der Waals surface area contributed by atoms with Gasteiger partial charge in [0.05, 0.1) is 29.0 Å². The van der Waals surface area contributed by atoms with E-state index >= 15 is 0 Å². The van der Waals surface area contributed by atoms with E-state index in [1.165, 1.54) is 11.8 Å². The van der Waals surface area contributed by atoms with Crippen LogP contribution in [0.3, 0.4) is 0 Å². The van der Waals surface area contributed by atoms with Gasteiger partial charge >= 0.3 is 0 Å². The van der Waals surface area contributed by atoms with Gasteiger partial charge in [-0.15, -0.1) is 5.10 Å². The molecule has 0 saturated carbocycles. The minimum Gasteiger partial charge on any atom is -0.497 e. The molecule has 26 heavy (non-hydrogen) atoms. The van der Waals surface area contributed by atoms with Crippen LogP contribution in [0.5, 0.6) is 5.75 Å². The lowest BCUT2D eigenvalue weighted by molar-refractivity contribution is 0.414. The Bertz CT molecular complexity index is 874. The summed E-state index contributed by atoms with van der Waals surface area (Å²) in [5.41, 5.74) is 1.84. The van der Waals surface area contributed by atoms with Crippen molar-refractivity contribution in [2.24, 2.45) is 0 Å². The van der Waals surface area contributed by atoms with E-state index in [9.17, 15) is 0 Å². The Morgan fingerprint density at radius 3 is 2.65 bits per heavy atom. The lowest BCUT2D eigenvalue weighted by atomic mass is 10.1. The Balaban J connectivity index is 1.59. The SMILES string of the molecule is COc1ccc(CCNc2nncc(Nc3cccc(Cl)c3Cl)n2)cc1. The molecular weight excluding hydrogens is 373 g/mol. The van der Waals surface area contributed by atoms with Crippen LogP contribution >= 0.6 is 23.2 Å². The summed E-state index contributed by atoms with van der Waals surface area (Å²) in [4.78, 5) is 4.38. The van der Waals surface area contributed by atoms with Crippen molar-refractivity contribution in [2.45, 2.75) is 6.42 Å². The number of nitrogens with zero attached hydrogens (tertiary/aromatic N) is 3. The molecular formula is C18H17Cl2N5O. The number of nitrogens with one attached hydrogen (secondary N) is 2. The molecule has 2 aromatic carbocycles.